The van der Waals surface area contributed by atoms with E-state index in [0.29, 0.717) is 0 Å². The molecule has 2 aromatic carbocycles. The van der Waals surface area contributed by atoms with Gasteiger partial charge in [-0.2, -0.15) is 0 Å². The van der Waals surface area contributed by atoms with Crippen LogP contribution in [0, 0.1) is 0 Å². The Hall–Kier alpha value is -3.02. The Morgan fingerprint density at radius 2 is 1.10 bits per heavy atom. The second-order valence-corrected chi connectivity index (χ2v) is 3.68. The molecule has 4 N–H and O–H groups in total. The Labute approximate surface area is 114 Å². The summed E-state index contributed by atoms with van der Waals surface area (Å²) in [6.07, 6.45) is 0. The number of hydrogen-bond donors (Lipinski definition) is 4. The molecule has 0 saturated heterocycles. The van der Waals surface area contributed by atoms with E-state index in [1.165, 1.54) is 42.5 Å². The number of carbonyl (C=O) groups is 2. The molecule has 0 saturated carbocycles. The molecule has 0 fully saturated rings. The van der Waals surface area contributed by atoms with Crippen LogP contribution in [0.4, 0.5) is 0 Å². The van der Waals surface area contributed by atoms with Gasteiger partial charge in [0.1, 0.15) is 11.5 Å². The van der Waals surface area contributed by atoms with Gasteiger partial charge in [-0.3, -0.25) is 0 Å². The summed E-state index contributed by atoms with van der Waals surface area (Å²) in [5.41, 5.74) is -0.380. The lowest BCUT2D eigenvalue weighted by molar-refractivity contribution is 0.0651. The Morgan fingerprint density at radius 3 is 1.35 bits per heavy atom. The summed E-state index contributed by atoms with van der Waals surface area (Å²) < 4.78 is 0. The lowest BCUT2D eigenvalue weighted by Crippen LogP contribution is -2.06. The van der Waals surface area contributed by atoms with Crippen LogP contribution in [0.1, 0.15) is 20.7 Å². The van der Waals surface area contributed by atoms with Crippen molar-refractivity contribution >= 4 is 11.9 Å². The summed E-state index contributed by atoms with van der Waals surface area (Å²) in [6, 6.07) is 11.3. The highest BCUT2D eigenvalue weighted by atomic mass is 16.4. The average molecular weight is 276 g/mol. The smallest absolute Gasteiger partial charge is 0.336 e. The average Bonchev–Trinajstić information content (AvgIpc) is 2.39. The standard InChI is InChI=1S/C8H6O4.C6H6O2/c9-7(10)5-3-1-2-4-6(5)8(11)12;7-5-2-1-3-6(8)4-5/h1-4H,(H,9,10)(H,11,12);1-4,7-8H. The van der Waals surface area contributed by atoms with E-state index >= 15 is 0 Å². The number of aromatic carboxylic acids is 2. The first-order chi connectivity index (χ1) is 9.41. The van der Waals surface area contributed by atoms with Crippen molar-refractivity contribution in [3.05, 3.63) is 59.7 Å². The highest BCUT2D eigenvalue weighted by Gasteiger charge is 2.13. The maximum absolute atomic E-state index is 10.5. The van der Waals surface area contributed by atoms with E-state index in [2.05, 4.69) is 0 Å². The van der Waals surface area contributed by atoms with Gasteiger partial charge in [0, 0.05) is 6.07 Å². The minimum absolute atomic E-state index is 0.0880. The molecule has 0 radical (unpaired) electrons. The van der Waals surface area contributed by atoms with Crippen LogP contribution in [0.2, 0.25) is 0 Å². The van der Waals surface area contributed by atoms with E-state index in [9.17, 15) is 9.59 Å². The fourth-order valence-electron chi connectivity index (χ4n) is 1.35. The van der Waals surface area contributed by atoms with Crippen molar-refractivity contribution in [2.75, 3.05) is 0 Å². The topological polar surface area (TPSA) is 115 Å². The second kappa shape index (κ2) is 6.79. The SMILES string of the molecule is O=C(O)c1ccccc1C(=O)O.Oc1cccc(O)c1. The zero-order valence-corrected chi connectivity index (χ0v) is 10.2. The zero-order valence-electron chi connectivity index (χ0n) is 10.2. The molecule has 20 heavy (non-hydrogen) atoms. The summed E-state index contributed by atoms with van der Waals surface area (Å²) in [7, 11) is 0. The van der Waals surface area contributed by atoms with E-state index in [1.807, 2.05) is 0 Å². The molecule has 2 rings (SSSR count). The third-order valence-electron chi connectivity index (χ3n) is 2.22. The van der Waals surface area contributed by atoms with Crippen molar-refractivity contribution in [1.82, 2.24) is 0 Å². The van der Waals surface area contributed by atoms with Crippen molar-refractivity contribution in [2.24, 2.45) is 0 Å². The molecule has 0 aliphatic carbocycles. The van der Waals surface area contributed by atoms with E-state index in [-0.39, 0.29) is 22.6 Å². The second-order valence-electron chi connectivity index (χ2n) is 3.68. The third kappa shape index (κ3) is 4.34. The van der Waals surface area contributed by atoms with Crippen LogP contribution in [0.15, 0.2) is 48.5 Å². The third-order valence-corrected chi connectivity index (χ3v) is 2.22. The Bertz CT molecular complexity index is 570. The largest absolute Gasteiger partial charge is 0.508 e. The van der Waals surface area contributed by atoms with Gasteiger partial charge in [-0.25, -0.2) is 9.59 Å². The molecule has 0 aliphatic rings. The van der Waals surface area contributed by atoms with Crippen LogP contribution in [0.5, 0.6) is 11.5 Å². The highest BCUT2D eigenvalue weighted by molar-refractivity contribution is 6.01. The van der Waals surface area contributed by atoms with E-state index in [1.54, 1.807) is 6.07 Å². The summed E-state index contributed by atoms with van der Waals surface area (Å²) >= 11 is 0. The lowest BCUT2D eigenvalue weighted by Gasteiger charge is -1.98. The molecular weight excluding hydrogens is 264 g/mol. The molecule has 0 aromatic heterocycles. The van der Waals surface area contributed by atoms with E-state index in [4.69, 9.17) is 20.4 Å². The zero-order chi connectivity index (χ0) is 15.1. The number of aromatic hydroxyl groups is 2. The normalized spacial score (nSPS) is 9.20. The maximum Gasteiger partial charge on any atom is 0.336 e. The molecular formula is C14H12O6. The van der Waals surface area contributed by atoms with Gasteiger partial charge < -0.3 is 20.4 Å². The molecule has 6 heteroatoms. The van der Waals surface area contributed by atoms with Crippen LogP contribution < -0.4 is 0 Å². The van der Waals surface area contributed by atoms with Gasteiger partial charge in [0.2, 0.25) is 0 Å². The molecule has 104 valence electrons. The van der Waals surface area contributed by atoms with Crippen molar-refractivity contribution in [3.63, 3.8) is 0 Å². The number of carboxylic acids is 2. The van der Waals surface area contributed by atoms with Gasteiger partial charge in [-0.1, -0.05) is 18.2 Å². The van der Waals surface area contributed by atoms with Crippen molar-refractivity contribution in [2.45, 2.75) is 0 Å². The Morgan fingerprint density at radius 1 is 0.700 bits per heavy atom. The van der Waals surface area contributed by atoms with Gasteiger partial charge in [0.05, 0.1) is 11.1 Å². The molecule has 2 aromatic rings. The maximum atomic E-state index is 10.5. The molecule has 0 bridgehead atoms. The van der Waals surface area contributed by atoms with Gasteiger partial charge in [0.25, 0.3) is 0 Å². The van der Waals surface area contributed by atoms with Gasteiger partial charge >= 0.3 is 11.9 Å². The van der Waals surface area contributed by atoms with E-state index < -0.39 is 11.9 Å². The number of phenolic OH excluding ortho intramolecular Hbond substituents is 2. The minimum Gasteiger partial charge on any atom is -0.508 e. The van der Waals surface area contributed by atoms with Crippen LogP contribution in [0.3, 0.4) is 0 Å². The van der Waals surface area contributed by atoms with E-state index in [0.717, 1.165) is 0 Å². The minimum atomic E-state index is -1.23. The Balaban J connectivity index is 0.000000217. The van der Waals surface area contributed by atoms with Crippen LogP contribution in [-0.2, 0) is 0 Å². The summed E-state index contributed by atoms with van der Waals surface area (Å²) in [5.74, 6) is -2.28. The molecule has 0 spiro atoms. The number of rotatable bonds is 2. The lowest BCUT2D eigenvalue weighted by atomic mass is 10.1. The fourth-order valence-corrected chi connectivity index (χ4v) is 1.35. The summed E-state index contributed by atoms with van der Waals surface area (Å²) in [6.45, 7) is 0. The predicted molar refractivity (Wildman–Crippen MR) is 70.1 cm³/mol. The molecule has 0 amide bonds. The highest BCUT2D eigenvalue weighted by Crippen LogP contribution is 2.14. The monoisotopic (exact) mass is 276 g/mol. The summed E-state index contributed by atoms with van der Waals surface area (Å²) in [5, 5.41) is 34.4. The number of phenols is 2. The first kappa shape index (κ1) is 15.0. The van der Waals surface area contributed by atoms with Gasteiger partial charge in [-0.05, 0) is 24.3 Å². The number of hydrogen-bond acceptors (Lipinski definition) is 4. The number of carboxylic acid groups (broad SMARTS) is 2. The molecule has 0 heterocycles. The molecule has 0 atom stereocenters. The van der Waals surface area contributed by atoms with Crippen LogP contribution in [0.25, 0.3) is 0 Å². The molecule has 0 aliphatic heterocycles. The molecule has 6 nitrogen and oxygen atoms in total. The van der Waals surface area contributed by atoms with Crippen LogP contribution in [-0.4, -0.2) is 32.4 Å². The van der Waals surface area contributed by atoms with Crippen molar-refractivity contribution in [3.8, 4) is 11.5 Å². The van der Waals surface area contributed by atoms with Gasteiger partial charge in [0.15, 0.2) is 0 Å². The van der Waals surface area contributed by atoms with Crippen LogP contribution >= 0.6 is 0 Å². The molecule has 0 unspecified atom stereocenters. The predicted octanol–water partition coefficient (Wildman–Crippen LogP) is 2.18. The number of benzene rings is 2. The summed E-state index contributed by atoms with van der Waals surface area (Å²) in [4.78, 5) is 20.9. The van der Waals surface area contributed by atoms with Crippen molar-refractivity contribution in [1.29, 1.82) is 0 Å². The fraction of sp³-hybridized carbons (Fsp3) is 0. The first-order valence-corrected chi connectivity index (χ1v) is 5.45. The quantitative estimate of drug-likeness (QED) is 0.668. The van der Waals surface area contributed by atoms with Crippen molar-refractivity contribution < 1.29 is 30.0 Å². The first-order valence-electron chi connectivity index (χ1n) is 5.45. The van der Waals surface area contributed by atoms with Gasteiger partial charge in [-0.15, -0.1) is 0 Å². The Kier molecular flexibility index (Phi) is 5.11.